The average Bonchev–Trinajstić information content (AvgIpc) is 3.32. The van der Waals surface area contributed by atoms with Crippen LogP contribution < -0.4 is 10.1 Å². The molecular formula is C18H20N2O3S. The molecule has 5 nitrogen and oxygen atoms in total. The molecular weight excluding hydrogens is 324 g/mol. The lowest BCUT2D eigenvalue weighted by Crippen LogP contribution is -2.12. The molecule has 6 heteroatoms. The van der Waals surface area contributed by atoms with E-state index in [2.05, 4.69) is 10.3 Å². The van der Waals surface area contributed by atoms with E-state index in [0.717, 1.165) is 5.69 Å². The molecule has 1 aromatic carbocycles. The fourth-order valence-corrected chi connectivity index (χ4v) is 3.11. The Morgan fingerprint density at radius 2 is 2.04 bits per heavy atom. The van der Waals surface area contributed by atoms with Gasteiger partial charge in [-0.1, -0.05) is 0 Å². The van der Waals surface area contributed by atoms with E-state index in [1.165, 1.54) is 31.1 Å². The highest BCUT2D eigenvalue weighted by molar-refractivity contribution is 7.13. The number of benzene rings is 1. The number of amides is 1. The fraction of sp³-hybridized carbons (Fsp3) is 0.389. The Balaban J connectivity index is 1.36. The van der Waals surface area contributed by atoms with Crippen LogP contribution in [0.15, 0.2) is 29.6 Å². The van der Waals surface area contributed by atoms with E-state index in [-0.39, 0.29) is 11.7 Å². The maximum absolute atomic E-state index is 11.9. The van der Waals surface area contributed by atoms with Gasteiger partial charge < -0.3 is 10.1 Å². The van der Waals surface area contributed by atoms with Crippen molar-refractivity contribution in [1.29, 1.82) is 0 Å². The number of carbonyl (C=O) groups excluding carboxylic acids is 2. The van der Waals surface area contributed by atoms with Gasteiger partial charge in [-0.25, -0.2) is 4.98 Å². The minimum absolute atomic E-state index is 0.0326. The van der Waals surface area contributed by atoms with Crippen LogP contribution in [0.1, 0.15) is 54.6 Å². The molecule has 1 N–H and O–H groups in total. The van der Waals surface area contributed by atoms with E-state index < -0.39 is 0 Å². The Kier molecular flexibility index (Phi) is 5.25. The molecule has 0 spiro atoms. The molecule has 1 saturated carbocycles. The summed E-state index contributed by atoms with van der Waals surface area (Å²) >= 11 is 1.48. The van der Waals surface area contributed by atoms with E-state index in [9.17, 15) is 9.59 Å². The van der Waals surface area contributed by atoms with Crippen LogP contribution in [0.5, 0.6) is 5.75 Å². The second-order valence-corrected chi connectivity index (χ2v) is 6.79. The Hall–Kier alpha value is -2.21. The first-order valence-electron chi connectivity index (χ1n) is 8.11. The summed E-state index contributed by atoms with van der Waals surface area (Å²) in [6.45, 7) is 1.99. The van der Waals surface area contributed by atoms with Gasteiger partial charge >= 0.3 is 0 Å². The van der Waals surface area contributed by atoms with Crippen molar-refractivity contribution in [2.75, 3.05) is 11.9 Å². The third-order valence-electron chi connectivity index (χ3n) is 3.84. The summed E-state index contributed by atoms with van der Waals surface area (Å²) in [5.74, 6) is 1.30. The van der Waals surface area contributed by atoms with E-state index in [4.69, 9.17) is 4.74 Å². The molecule has 0 aliphatic heterocycles. The van der Waals surface area contributed by atoms with Gasteiger partial charge in [-0.3, -0.25) is 9.59 Å². The second kappa shape index (κ2) is 7.57. The summed E-state index contributed by atoms with van der Waals surface area (Å²) in [6.07, 6.45) is 3.44. The number of ether oxygens (including phenoxy) is 1. The van der Waals surface area contributed by atoms with Crippen molar-refractivity contribution >= 4 is 28.2 Å². The van der Waals surface area contributed by atoms with Crippen LogP contribution in [-0.2, 0) is 4.79 Å². The Morgan fingerprint density at radius 1 is 1.29 bits per heavy atom. The van der Waals surface area contributed by atoms with Gasteiger partial charge in [-0.15, -0.1) is 11.3 Å². The number of Topliss-reactive ketones (excluding diaryl/α,β-unsaturated/α-hetero) is 1. The van der Waals surface area contributed by atoms with Gasteiger partial charge in [0.2, 0.25) is 5.91 Å². The lowest BCUT2D eigenvalue weighted by molar-refractivity contribution is -0.116. The highest BCUT2D eigenvalue weighted by Gasteiger charge is 2.26. The minimum Gasteiger partial charge on any atom is -0.494 e. The number of thiazole rings is 1. The Labute approximate surface area is 145 Å². The van der Waals surface area contributed by atoms with E-state index in [1.807, 2.05) is 5.38 Å². The number of nitrogens with zero attached hydrogens (tertiary/aromatic N) is 1. The lowest BCUT2D eigenvalue weighted by Gasteiger charge is -2.06. The van der Waals surface area contributed by atoms with Crippen LogP contribution in [0.3, 0.4) is 0 Å². The van der Waals surface area contributed by atoms with Crippen molar-refractivity contribution in [1.82, 2.24) is 4.98 Å². The summed E-state index contributed by atoms with van der Waals surface area (Å²) in [4.78, 5) is 27.5. The molecule has 1 heterocycles. The monoisotopic (exact) mass is 344 g/mol. The zero-order valence-electron chi connectivity index (χ0n) is 13.6. The molecule has 3 rings (SSSR count). The predicted molar refractivity (Wildman–Crippen MR) is 93.9 cm³/mol. The van der Waals surface area contributed by atoms with E-state index >= 15 is 0 Å². The van der Waals surface area contributed by atoms with Crippen molar-refractivity contribution in [3.63, 3.8) is 0 Å². The SMILES string of the molecule is CC(=O)c1ccc(OCCCC(=O)Nc2nc(C3CC3)cs2)cc1. The number of nitrogens with one attached hydrogen (secondary N) is 1. The number of hydrogen-bond donors (Lipinski definition) is 1. The first kappa shape index (κ1) is 16.6. The van der Waals surface area contributed by atoms with Crippen LogP contribution in [0, 0.1) is 0 Å². The number of carbonyl (C=O) groups is 2. The number of ketones is 1. The van der Waals surface area contributed by atoms with Crippen LogP contribution >= 0.6 is 11.3 Å². The van der Waals surface area contributed by atoms with Gasteiger partial charge in [0.15, 0.2) is 10.9 Å². The topological polar surface area (TPSA) is 68.3 Å². The molecule has 2 aromatic rings. The van der Waals surface area contributed by atoms with Crippen LogP contribution in [-0.4, -0.2) is 23.3 Å². The summed E-state index contributed by atoms with van der Waals surface area (Å²) in [5.41, 5.74) is 1.77. The zero-order chi connectivity index (χ0) is 16.9. The largest absolute Gasteiger partial charge is 0.494 e. The molecule has 0 atom stereocenters. The molecule has 24 heavy (non-hydrogen) atoms. The van der Waals surface area contributed by atoms with Gasteiger partial charge in [0.05, 0.1) is 12.3 Å². The normalized spacial score (nSPS) is 13.5. The first-order valence-corrected chi connectivity index (χ1v) is 8.99. The standard InChI is InChI=1S/C18H20N2O3S/c1-12(21)13-6-8-15(9-7-13)23-10-2-3-17(22)20-18-19-16(11-24-18)14-4-5-14/h6-9,11,14H,2-5,10H2,1H3,(H,19,20,22). The van der Waals surface area contributed by atoms with Crippen molar-refractivity contribution in [3.05, 3.63) is 40.9 Å². The second-order valence-electron chi connectivity index (χ2n) is 5.93. The van der Waals surface area contributed by atoms with Crippen LogP contribution in [0.4, 0.5) is 5.13 Å². The van der Waals surface area contributed by atoms with Crippen LogP contribution in [0.2, 0.25) is 0 Å². The van der Waals surface area contributed by atoms with E-state index in [0.29, 0.717) is 41.8 Å². The molecule has 1 amide bonds. The first-order chi connectivity index (χ1) is 11.6. The molecule has 0 radical (unpaired) electrons. The third kappa shape index (κ3) is 4.64. The van der Waals surface area contributed by atoms with Crippen molar-refractivity contribution in [2.45, 2.75) is 38.5 Å². The van der Waals surface area contributed by atoms with Gasteiger partial charge in [0, 0.05) is 23.3 Å². The molecule has 1 aliphatic rings. The summed E-state index contributed by atoms with van der Waals surface area (Å²) in [6, 6.07) is 7.02. The number of aromatic nitrogens is 1. The van der Waals surface area contributed by atoms with E-state index in [1.54, 1.807) is 24.3 Å². The number of anilines is 1. The molecule has 0 unspecified atom stereocenters. The molecule has 1 aliphatic carbocycles. The Bertz CT molecular complexity index is 720. The molecule has 1 fully saturated rings. The maximum Gasteiger partial charge on any atom is 0.226 e. The quantitative estimate of drug-likeness (QED) is 0.580. The fourth-order valence-electron chi connectivity index (χ4n) is 2.30. The van der Waals surface area contributed by atoms with Gasteiger partial charge in [-0.05, 0) is 50.5 Å². The van der Waals surface area contributed by atoms with Crippen molar-refractivity contribution in [2.24, 2.45) is 0 Å². The molecule has 126 valence electrons. The minimum atomic E-state index is -0.0396. The predicted octanol–water partition coefficient (Wildman–Crippen LogP) is 4.02. The van der Waals surface area contributed by atoms with Gasteiger partial charge in [-0.2, -0.15) is 0 Å². The maximum atomic E-state index is 11.9. The third-order valence-corrected chi connectivity index (χ3v) is 4.62. The number of hydrogen-bond acceptors (Lipinski definition) is 5. The van der Waals surface area contributed by atoms with Crippen molar-refractivity contribution in [3.8, 4) is 5.75 Å². The zero-order valence-corrected chi connectivity index (χ0v) is 14.4. The van der Waals surface area contributed by atoms with Gasteiger partial charge in [0.25, 0.3) is 0 Å². The molecule has 0 saturated heterocycles. The average molecular weight is 344 g/mol. The van der Waals surface area contributed by atoms with Crippen LogP contribution in [0.25, 0.3) is 0 Å². The number of rotatable bonds is 8. The highest BCUT2D eigenvalue weighted by Crippen LogP contribution is 2.40. The van der Waals surface area contributed by atoms with Crippen molar-refractivity contribution < 1.29 is 14.3 Å². The summed E-state index contributed by atoms with van der Waals surface area (Å²) in [5, 5.41) is 5.55. The molecule has 1 aromatic heterocycles. The van der Waals surface area contributed by atoms with Gasteiger partial charge in [0.1, 0.15) is 5.75 Å². The summed E-state index contributed by atoms with van der Waals surface area (Å²) in [7, 11) is 0. The Morgan fingerprint density at radius 3 is 2.71 bits per heavy atom. The smallest absolute Gasteiger partial charge is 0.226 e. The lowest BCUT2D eigenvalue weighted by atomic mass is 10.1. The summed E-state index contributed by atoms with van der Waals surface area (Å²) < 4.78 is 5.58. The molecule has 0 bridgehead atoms. The highest BCUT2D eigenvalue weighted by atomic mass is 32.1.